The van der Waals surface area contributed by atoms with Crippen LogP contribution in [0.4, 0.5) is 0 Å². The molecule has 1 aromatic heterocycles. The Morgan fingerprint density at radius 1 is 1.50 bits per heavy atom. The third-order valence-corrected chi connectivity index (χ3v) is 2.05. The molecule has 0 N–H and O–H groups in total. The number of carbonyl (C=O) groups excluding carboxylic acids is 1. The zero-order valence-electron chi connectivity index (χ0n) is 9.91. The van der Waals surface area contributed by atoms with Crippen molar-refractivity contribution in [1.82, 2.24) is 9.55 Å². The molecule has 0 fully saturated rings. The predicted octanol–water partition coefficient (Wildman–Crippen LogP) is 0.559. The number of carbonyl (C=O) groups is 1. The lowest BCUT2D eigenvalue weighted by Crippen LogP contribution is -2.16. The number of rotatable bonds is 2. The molecule has 18 heavy (non-hydrogen) atoms. The Kier molecular flexibility index (Phi) is 5.13. The Morgan fingerprint density at radius 2 is 2.17 bits per heavy atom. The lowest BCUT2D eigenvalue weighted by atomic mass is 10.1. The molecule has 5 nitrogen and oxygen atoms in total. The number of benzene rings is 1. The van der Waals surface area contributed by atoms with E-state index in [1.54, 1.807) is 12.5 Å². The molecule has 92 valence electrons. The van der Waals surface area contributed by atoms with E-state index in [2.05, 4.69) is 11.1 Å². The van der Waals surface area contributed by atoms with Crippen LogP contribution in [-0.2, 0) is 11.3 Å². The fourth-order valence-electron chi connectivity index (χ4n) is 1.34. The highest BCUT2D eigenvalue weighted by molar-refractivity contribution is 5.60. The average molecular weight is 242 g/mol. The summed E-state index contributed by atoms with van der Waals surface area (Å²) in [6, 6.07) is 9.77. The standard InChI is InChI=1S/C11H9N3.C2H4O2/c12-7-10-3-1-2-4-11(10)8-14-6-5-13-9-14;1-2(3)4/h1-6,9H,8H2;1H3,(H,3,4)/p-1. The normalized spacial score (nSPS) is 8.89. The highest BCUT2D eigenvalue weighted by atomic mass is 16.4. The SMILES string of the molecule is CC(=O)[O-].N#Cc1ccccc1Cn1ccnc1. The first-order chi connectivity index (χ1) is 8.63. The van der Waals surface area contributed by atoms with E-state index in [0.717, 1.165) is 18.1 Å². The van der Waals surface area contributed by atoms with Crippen LogP contribution in [0.15, 0.2) is 43.0 Å². The van der Waals surface area contributed by atoms with Gasteiger partial charge in [0, 0.05) is 24.9 Å². The van der Waals surface area contributed by atoms with Crippen LogP contribution in [0.1, 0.15) is 18.1 Å². The fraction of sp³-hybridized carbons (Fsp3) is 0.154. The van der Waals surface area contributed by atoms with Crippen molar-refractivity contribution in [2.45, 2.75) is 13.5 Å². The molecule has 0 atom stereocenters. The highest BCUT2D eigenvalue weighted by Crippen LogP contribution is 2.08. The van der Waals surface area contributed by atoms with E-state index >= 15 is 0 Å². The first-order valence-electron chi connectivity index (χ1n) is 5.25. The van der Waals surface area contributed by atoms with Crippen molar-refractivity contribution in [3.8, 4) is 6.07 Å². The van der Waals surface area contributed by atoms with Gasteiger partial charge in [0.15, 0.2) is 0 Å². The second kappa shape index (κ2) is 6.86. The molecule has 1 aromatic carbocycles. The minimum Gasteiger partial charge on any atom is -0.550 e. The molecule has 0 aliphatic heterocycles. The lowest BCUT2D eigenvalue weighted by Gasteiger charge is -2.03. The van der Waals surface area contributed by atoms with E-state index in [-0.39, 0.29) is 0 Å². The van der Waals surface area contributed by atoms with Crippen LogP contribution in [0.25, 0.3) is 0 Å². The summed E-state index contributed by atoms with van der Waals surface area (Å²) in [6.07, 6.45) is 5.36. The molecule has 0 aliphatic rings. The average Bonchev–Trinajstić information content (AvgIpc) is 2.82. The maximum Gasteiger partial charge on any atom is 0.0995 e. The van der Waals surface area contributed by atoms with Gasteiger partial charge >= 0.3 is 0 Å². The van der Waals surface area contributed by atoms with E-state index in [0.29, 0.717) is 6.54 Å². The maximum absolute atomic E-state index is 8.89. The molecule has 0 saturated heterocycles. The van der Waals surface area contributed by atoms with E-state index in [1.807, 2.05) is 35.0 Å². The molecule has 5 heteroatoms. The molecule has 0 saturated carbocycles. The van der Waals surface area contributed by atoms with Crippen LogP contribution in [0.2, 0.25) is 0 Å². The van der Waals surface area contributed by atoms with Crippen molar-refractivity contribution in [3.05, 3.63) is 54.1 Å². The molecule has 0 spiro atoms. The lowest BCUT2D eigenvalue weighted by molar-refractivity contribution is -0.302. The van der Waals surface area contributed by atoms with Gasteiger partial charge in [-0.15, -0.1) is 0 Å². The topological polar surface area (TPSA) is 81.7 Å². The van der Waals surface area contributed by atoms with Crippen LogP contribution >= 0.6 is 0 Å². The minimum absolute atomic E-state index is 0.698. The van der Waals surface area contributed by atoms with Gasteiger partial charge in [-0.3, -0.25) is 0 Å². The number of hydrogen-bond acceptors (Lipinski definition) is 4. The number of aromatic nitrogens is 2. The number of hydrogen-bond donors (Lipinski definition) is 0. The largest absolute Gasteiger partial charge is 0.550 e. The van der Waals surface area contributed by atoms with Gasteiger partial charge in [-0.05, 0) is 18.6 Å². The van der Waals surface area contributed by atoms with Crippen LogP contribution in [-0.4, -0.2) is 15.5 Å². The molecule has 2 aromatic rings. The number of nitriles is 1. The van der Waals surface area contributed by atoms with Gasteiger partial charge in [0.25, 0.3) is 0 Å². The second-order valence-electron chi connectivity index (χ2n) is 3.50. The summed E-state index contributed by atoms with van der Waals surface area (Å²) < 4.78 is 1.94. The molecule has 0 amide bonds. The summed E-state index contributed by atoms with van der Waals surface area (Å²) in [5, 5.41) is 17.8. The Hall–Kier alpha value is -2.61. The summed E-state index contributed by atoms with van der Waals surface area (Å²) in [5.74, 6) is -1.08. The van der Waals surface area contributed by atoms with Crippen molar-refractivity contribution in [2.75, 3.05) is 0 Å². The molecule has 1 heterocycles. The van der Waals surface area contributed by atoms with Crippen molar-refractivity contribution in [3.63, 3.8) is 0 Å². The Labute approximate surface area is 105 Å². The molecule has 0 bridgehead atoms. The number of carboxylic acids is 1. The molecule has 0 radical (unpaired) electrons. The van der Waals surface area contributed by atoms with Crippen molar-refractivity contribution >= 4 is 5.97 Å². The first kappa shape index (κ1) is 13.5. The van der Waals surface area contributed by atoms with Crippen LogP contribution in [0.3, 0.4) is 0 Å². The quantitative estimate of drug-likeness (QED) is 0.770. The first-order valence-corrected chi connectivity index (χ1v) is 5.25. The van der Waals surface area contributed by atoms with E-state index in [4.69, 9.17) is 15.2 Å². The van der Waals surface area contributed by atoms with Crippen LogP contribution in [0.5, 0.6) is 0 Å². The summed E-state index contributed by atoms with van der Waals surface area (Å²) in [7, 11) is 0. The van der Waals surface area contributed by atoms with E-state index in [9.17, 15) is 0 Å². The van der Waals surface area contributed by atoms with Gasteiger partial charge in [-0.1, -0.05) is 18.2 Å². The number of nitrogens with zero attached hydrogens (tertiary/aromatic N) is 3. The molecule has 0 unspecified atom stereocenters. The van der Waals surface area contributed by atoms with E-state index in [1.165, 1.54) is 0 Å². The molecular formula is C13H12N3O2-. The monoisotopic (exact) mass is 242 g/mol. The van der Waals surface area contributed by atoms with Crippen LogP contribution < -0.4 is 5.11 Å². The Bertz CT molecular complexity index is 538. The van der Waals surface area contributed by atoms with Gasteiger partial charge in [0.05, 0.1) is 18.0 Å². The Morgan fingerprint density at radius 3 is 2.72 bits per heavy atom. The van der Waals surface area contributed by atoms with Crippen molar-refractivity contribution in [2.24, 2.45) is 0 Å². The molecular weight excluding hydrogens is 230 g/mol. The van der Waals surface area contributed by atoms with Gasteiger partial charge < -0.3 is 14.5 Å². The minimum atomic E-state index is -1.08. The van der Waals surface area contributed by atoms with E-state index < -0.39 is 5.97 Å². The second-order valence-corrected chi connectivity index (χ2v) is 3.50. The third kappa shape index (κ3) is 4.49. The van der Waals surface area contributed by atoms with Crippen LogP contribution in [0, 0.1) is 11.3 Å². The number of carboxylic acid groups (broad SMARTS) is 1. The highest BCUT2D eigenvalue weighted by Gasteiger charge is 2.00. The van der Waals surface area contributed by atoms with Gasteiger partial charge in [0.2, 0.25) is 0 Å². The number of aliphatic carboxylic acids is 1. The zero-order chi connectivity index (χ0) is 13.4. The summed E-state index contributed by atoms with van der Waals surface area (Å²) in [4.78, 5) is 12.8. The number of imidazole rings is 1. The Balaban J connectivity index is 0.000000357. The van der Waals surface area contributed by atoms with Gasteiger partial charge in [0.1, 0.15) is 0 Å². The maximum atomic E-state index is 8.89. The van der Waals surface area contributed by atoms with Gasteiger partial charge in [-0.25, -0.2) is 4.98 Å². The molecule has 0 aliphatic carbocycles. The smallest absolute Gasteiger partial charge is 0.0995 e. The van der Waals surface area contributed by atoms with Crippen molar-refractivity contribution in [1.29, 1.82) is 5.26 Å². The van der Waals surface area contributed by atoms with Gasteiger partial charge in [-0.2, -0.15) is 5.26 Å². The van der Waals surface area contributed by atoms with Crippen molar-refractivity contribution < 1.29 is 9.90 Å². The third-order valence-electron chi connectivity index (χ3n) is 2.05. The molecule has 2 rings (SSSR count). The zero-order valence-corrected chi connectivity index (χ0v) is 9.91. The predicted molar refractivity (Wildman–Crippen MR) is 63.2 cm³/mol. The summed E-state index contributed by atoms with van der Waals surface area (Å²) in [5.41, 5.74) is 1.74. The summed E-state index contributed by atoms with van der Waals surface area (Å²) in [6.45, 7) is 1.67. The summed E-state index contributed by atoms with van der Waals surface area (Å²) >= 11 is 0. The fourth-order valence-corrected chi connectivity index (χ4v) is 1.34.